The Morgan fingerprint density at radius 2 is 1.88 bits per heavy atom. The van der Waals surface area contributed by atoms with Gasteiger partial charge < -0.3 is 13.9 Å². The van der Waals surface area contributed by atoms with Crippen LogP contribution in [0.4, 0.5) is 0 Å². The Hall–Kier alpha value is -3.15. The fourth-order valence-electron chi connectivity index (χ4n) is 2.94. The number of hydrogen-bond acceptors (Lipinski definition) is 7. The molecule has 1 N–H and O–H groups in total. The van der Waals surface area contributed by atoms with Crippen molar-refractivity contribution in [3.05, 3.63) is 76.7 Å². The predicted octanol–water partition coefficient (Wildman–Crippen LogP) is 3.11. The van der Waals surface area contributed by atoms with Crippen molar-refractivity contribution in [3.8, 4) is 11.5 Å². The zero-order valence-corrected chi connectivity index (χ0v) is 19.0. The van der Waals surface area contributed by atoms with Gasteiger partial charge in [0, 0.05) is 10.0 Å². The van der Waals surface area contributed by atoms with Gasteiger partial charge in [-0.25, -0.2) is 13.8 Å². The second-order valence-corrected chi connectivity index (χ2v) is 9.48. The first-order valence-corrected chi connectivity index (χ1v) is 11.7. The van der Waals surface area contributed by atoms with Gasteiger partial charge in [-0.2, -0.15) is 9.41 Å². The van der Waals surface area contributed by atoms with Crippen molar-refractivity contribution in [2.24, 2.45) is 5.10 Å². The number of fused-ring (bicyclic) bond motifs is 1. The third kappa shape index (κ3) is 5.01. The molecule has 0 fully saturated rings. The average Bonchev–Trinajstić information content (AvgIpc) is 3.45. The van der Waals surface area contributed by atoms with E-state index >= 15 is 0 Å². The highest BCUT2D eigenvalue weighted by atomic mass is 79.9. The van der Waals surface area contributed by atoms with Crippen molar-refractivity contribution in [1.82, 2.24) is 9.73 Å². The van der Waals surface area contributed by atoms with E-state index in [1.165, 1.54) is 24.6 Å². The van der Waals surface area contributed by atoms with Crippen LogP contribution in [0.3, 0.4) is 0 Å². The Bertz CT molecular complexity index is 1230. The predicted molar refractivity (Wildman–Crippen MR) is 119 cm³/mol. The van der Waals surface area contributed by atoms with Gasteiger partial charge in [0.1, 0.15) is 5.76 Å². The molecule has 0 aliphatic carbocycles. The summed E-state index contributed by atoms with van der Waals surface area (Å²) in [4.78, 5) is 12.6. The van der Waals surface area contributed by atoms with E-state index in [2.05, 4.69) is 26.5 Å². The van der Waals surface area contributed by atoms with E-state index in [9.17, 15) is 13.2 Å². The lowest BCUT2D eigenvalue weighted by Crippen LogP contribution is -2.39. The second kappa shape index (κ2) is 9.55. The van der Waals surface area contributed by atoms with Crippen LogP contribution in [0.15, 0.2) is 79.7 Å². The number of furan rings is 1. The van der Waals surface area contributed by atoms with Crippen LogP contribution < -0.4 is 14.9 Å². The van der Waals surface area contributed by atoms with E-state index in [0.29, 0.717) is 27.3 Å². The van der Waals surface area contributed by atoms with Crippen molar-refractivity contribution in [1.29, 1.82) is 0 Å². The average molecular weight is 520 g/mol. The molecule has 11 heteroatoms. The Morgan fingerprint density at radius 3 is 2.59 bits per heavy atom. The Labute approximate surface area is 192 Å². The van der Waals surface area contributed by atoms with Gasteiger partial charge in [-0.1, -0.05) is 18.2 Å². The first-order valence-electron chi connectivity index (χ1n) is 9.42. The van der Waals surface area contributed by atoms with E-state index in [1.54, 1.807) is 42.5 Å². The summed E-state index contributed by atoms with van der Waals surface area (Å²) in [7, 11) is -3.94. The maximum Gasteiger partial charge on any atom is 0.255 e. The van der Waals surface area contributed by atoms with Gasteiger partial charge in [-0.15, -0.1) is 0 Å². The quantitative estimate of drug-likeness (QED) is 0.361. The van der Waals surface area contributed by atoms with E-state index in [1.807, 2.05) is 0 Å². The molecule has 0 spiro atoms. The van der Waals surface area contributed by atoms with Crippen LogP contribution in [0.1, 0.15) is 11.3 Å². The van der Waals surface area contributed by atoms with E-state index in [-0.39, 0.29) is 18.2 Å². The molecule has 1 aliphatic heterocycles. The summed E-state index contributed by atoms with van der Waals surface area (Å²) in [5.41, 5.74) is 3.01. The minimum Gasteiger partial charge on any atom is -0.468 e. The number of benzene rings is 2. The number of rotatable bonds is 8. The van der Waals surface area contributed by atoms with Crippen LogP contribution in [-0.4, -0.2) is 38.2 Å². The van der Waals surface area contributed by atoms with E-state index in [0.717, 1.165) is 4.31 Å². The summed E-state index contributed by atoms with van der Waals surface area (Å²) < 4.78 is 43.8. The number of amides is 1. The summed E-state index contributed by atoms with van der Waals surface area (Å²) in [5.74, 6) is 0.978. The van der Waals surface area contributed by atoms with Gasteiger partial charge in [0.15, 0.2) is 11.5 Å². The number of hydrogen-bond donors (Lipinski definition) is 1. The largest absolute Gasteiger partial charge is 0.468 e. The van der Waals surface area contributed by atoms with Crippen molar-refractivity contribution in [2.75, 3.05) is 13.3 Å². The lowest BCUT2D eigenvalue weighted by atomic mass is 10.2. The summed E-state index contributed by atoms with van der Waals surface area (Å²) >= 11 is 3.41. The first-order chi connectivity index (χ1) is 15.4. The molecule has 1 aromatic heterocycles. The number of hydrazone groups is 1. The highest BCUT2D eigenvalue weighted by molar-refractivity contribution is 9.10. The lowest BCUT2D eigenvalue weighted by molar-refractivity contribution is -0.121. The zero-order chi connectivity index (χ0) is 22.6. The van der Waals surface area contributed by atoms with Crippen LogP contribution in [0.5, 0.6) is 11.5 Å². The Morgan fingerprint density at radius 1 is 1.12 bits per heavy atom. The minimum atomic E-state index is -3.94. The van der Waals surface area contributed by atoms with Crippen LogP contribution in [0.25, 0.3) is 0 Å². The van der Waals surface area contributed by atoms with E-state index in [4.69, 9.17) is 13.9 Å². The second-order valence-electron chi connectivity index (χ2n) is 6.69. The SMILES string of the molecule is O=C(CN(Cc1ccco1)S(=O)(=O)c1ccccc1)NN=Cc1cc2c(cc1Br)OCO2. The number of sulfonamides is 1. The summed E-state index contributed by atoms with van der Waals surface area (Å²) in [6.45, 7) is -0.410. The maximum atomic E-state index is 13.1. The summed E-state index contributed by atoms with van der Waals surface area (Å²) in [6, 6.07) is 14.6. The number of nitrogens with one attached hydrogen (secondary N) is 1. The molecular weight excluding hydrogens is 502 g/mol. The third-order valence-electron chi connectivity index (χ3n) is 4.50. The highest BCUT2D eigenvalue weighted by Gasteiger charge is 2.27. The van der Waals surface area contributed by atoms with Crippen molar-refractivity contribution < 1.29 is 27.1 Å². The standard InChI is InChI=1S/C21H18BrN3O6S/c22-18-10-20-19(30-14-31-20)9-15(18)11-23-24-21(26)13-25(12-16-5-4-8-29-16)32(27,28)17-6-2-1-3-7-17/h1-11H,12-14H2,(H,24,26). The van der Waals surface area contributed by atoms with Gasteiger partial charge in [-0.05, 0) is 52.3 Å². The topological polar surface area (TPSA) is 110 Å². The zero-order valence-electron chi connectivity index (χ0n) is 16.6. The number of ether oxygens (including phenoxy) is 2. The Balaban J connectivity index is 1.47. The summed E-state index contributed by atoms with van der Waals surface area (Å²) in [5, 5.41) is 3.94. The first kappa shape index (κ1) is 22.1. The molecular formula is C21H18BrN3O6S. The van der Waals surface area contributed by atoms with Crippen molar-refractivity contribution >= 4 is 38.1 Å². The van der Waals surface area contributed by atoms with Gasteiger partial charge >= 0.3 is 0 Å². The molecule has 32 heavy (non-hydrogen) atoms. The van der Waals surface area contributed by atoms with Gasteiger partial charge in [0.05, 0.1) is 30.5 Å². The molecule has 3 aromatic rings. The molecule has 1 aliphatic rings. The molecule has 9 nitrogen and oxygen atoms in total. The van der Waals surface area contributed by atoms with Crippen molar-refractivity contribution in [2.45, 2.75) is 11.4 Å². The van der Waals surface area contributed by atoms with Gasteiger partial charge in [-0.3, -0.25) is 4.79 Å². The number of halogens is 1. The number of carbonyl (C=O) groups excluding carboxylic acids is 1. The molecule has 1 amide bonds. The van der Waals surface area contributed by atoms with E-state index < -0.39 is 22.5 Å². The summed E-state index contributed by atoms with van der Waals surface area (Å²) in [6.07, 6.45) is 2.86. The number of carbonyl (C=O) groups is 1. The molecule has 166 valence electrons. The molecule has 0 unspecified atom stereocenters. The van der Waals surface area contributed by atoms with Gasteiger partial charge in [0.25, 0.3) is 5.91 Å². The van der Waals surface area contributed by atoms with Crippen molar-refractivity contribution in [3.63, 3.8) is 0 Å². The molecule has 2 aromatic carbocycles. The third-order valence-corrected chi connectivity index (χ3v) is 6.99. The molecule has 0 radical (unpaired) electrons. The van der Waals surface area contributed by atoms with Gasteiger partial charge in [0.2, 0.25) is 16.8 Å². The van der Waals surface area contributed by atoms with Crippen LogP contribution in [0, 0.1) is 0 Å². The van der Waals surface area contributed by atoms with Crippen LogP contribution in [0.2, 0.25) is 0 Å². The molecule has 0 atom stereocenters. The fraction of sp³-hybridized carbons (Fsp3) is 0.143. The molecule has 0 saturated heterocycles. The molecule has 0 saturated carbocycles. The smallest absolute Gasteiger partial charge is 0.255 e. The lowest BCUT2D eigenvalue weighted by Gasteiger charge is -2.20. The van der Waals surface area contributed by atoms with Crippen LogP contribution in [-0.2, 0) is 21.4 Å². The monoisotopic (exact) mass is 519 g/mol. The fourth-order valence-corrected chi connectivity index (χ4v) is 4.75. The minimum absolute atomic E-state index is 0.0761. The maximum absolute atomic E-state index is 13.1. The Kier molecular flexibility index (Phi) is 6.58. The molecule has 0 bridgehead atoms. The molecule has 4 rings (SSSR count). The molecule has 2 heterocycles. The highest BCUT2D eigenvalue weighted by Crippen LogP contribution is 2.36. The number of nitrogens with zero attached hydrogens (tertiary/aromatic N) is 2. The normalized spacial score (nSPS) is 13.1. The van der Waals surface area contributed by atoms with Crippen LogP contribution >= 0.6 is 15.9 Å².